The summed E-state index contributed by atoms with van der Waals surface area (Å²) in [6.45, 7) is 6.51. The maximum absolute atomic E-state index is 13.0. The second-order valence-electron chi connectivity index (χ2n) is 8.90. The summed E-state index contributed by atoms with van der Waals surface area (Å²) in [7, 11) is 3.08. The molecule has 7 nitrogen and oxygen atoms in total. The summed E-state index contributed by atoms with van der Waals surface area (Å²) >= 11 is 1.47. The predicted molar refractivity (Wildman–Crippen MR) is 149 cm³/mol. The molecule has 1 aromatic heterocycles. The van der Waals surface area contributed by atoms with Gasteiger partial charge in [-0.05, 0) is 62.2 Å². The summed E-state index contributed by atoms with van der Waals surface area (Å²) in [6, 6.07) is 22.3. The Morgan fingerprint density at radius 3 is 2.24 bits per heavy atom. The van der Waals surface area contributed by atoms with Crippen molar-refractivity contribution in [3.8, 4) is 11.5 Å². The molecule has 38 heavy (non-hydrogen) atoms. The van der Waals surface area contributed by atoms with Crippen molar-refractivity contribution in [2.24, 2.45) is 4.99 Å². The Hall–Kier alpha value is -4.17. The first-order valence-corrected chi connectivity index (χ1v) is 13.0. The summed E-state index contributed by atoms with van der Waals surface area (Å²) in [6.07, 6.45) is 0. The highest BCUT2D eigenvalue weighted by Crippen LogP contribution is 2.27. The van der Waals surface area contributed by atoms with Gasteiger partial charge in [0, 0.05) is 21.7 Å². The van der Waals surface area contributed by atoms with Crippen LogP contribution in [-0.4, -0.2) is 30.6 Å². The van der Waals surface area contributed by atoms with E-state index in [2.05, 4.69) is 10.3 Å². The number of nitrogens with zero attached hydrogens (tertiary/aromatic N) is 2. The van der Waals surface area contributed by atoms with Crippen molar-refractivity contribution in [1.29, 1.82) is 0 Å². The molecular formula is C30H31N3O4S. The van der Waals surface area contributed by atoms with Crippen LogP contribution in [0.2, 0.25) is 0 Å². The normalized spacial score (nSPS) is 12.2. The van der Waals surface area contributed by atoms with Gasteiger partial charge in [-0.2, -0.15) is 4.99 Å². The topological polar surface area (TPSA) is 81.9 Å². The third-order valence-electron chi connectivity index (χ3n) is 6.42. The van der Waals surface area contributed by atoms with Crippen molar-refractivity contribution >= 4 is 23.2 Å². The number of ether oxygens (including phenoxy) is 2. The maximum atomic E-state index is 13.0. The number of hydrogen-bond acceptors (Lipinski definition) is 5. The highest BCUT2D eigenvalue weighted by Gasteiger charge is 2.14. The number of rotatable bonds is 8. The first kappa shape index (κ1) is 26.9. The van der Waals surface area contributed by atoms with E-state index in [-0.39, 0.29) is 17.9 Å². The molecule has 0 saturated carbocycles. The monoisotopic (exact) mass is 529 g/mol. The molecule has 0 spiro atoms. The summed E-state index contributed by atoms with van der Waals surface area (Å²) < 4.78 is 12.6. The van der Waals surface area contributed by atoms with Crippen molar-refractivity contribution in [3.63, 3.8) is 0 Å². The molecule has 0 aliphatic carbocycles. The smallest absolute Gasteiger partial charge is 0.279 e. The van der Waals surface area contributed by atoms with Crippen LogP contribution >= 0.6 is 11.3 Å². The van der Waals surface area contributed by atoms with Gasteiger partial charge in [-0.25, -0.2) is 0 Å². The molecular weight excluding hydrogens is 498 g/mol. The first-order chi connectivity index (χ1) is 18.3. The molecule has 3 aromatic carbocycles. The van der Waals surface area contributed by atoms with Gasteiger partial charge in [0.1, 0.15) is 0 Å². The predicted octanol–water partition coefficient (Wildman–Crippen LogP) is 5.46. The maximum Gasteiger partial charge on any atom is 0.279 e. The molecule has 1 N–H and O–H groups in total. The lowest BCUT2D eigenvalue weighted by Gasteiger charge is -2.14. The number of hydrogen-bond donors (Lipinski definition) is 1. The number of thiazole rings is 1. The molecule has 0 radical (unpaired) electrons. The average molecular weight is 530 g/mol. The van der Waals surface area contributed by atoms with Crippen LogP contribution in [0, 0.1) is 13.8 Å². The van der Waals surface area contributed by atoms with Crippen molar-refractivity contribution in [1.82, 2.24) is 9.88 Å². The lowest BCUT2D eigenvalue weighted by atomic mass is 10.1. The zero-order chi connectivity index (χ0) is 27.2. The molecule has 0 saturated heterocycles. The van der Waals surface area contributed by atoms with Crippen LogP contribution in [0.5, 0.6) is 11.5 Å². The molecule has 0 unspecified atom stereocenters. The highest BCUT2D eigenvalue weighted by atomic mass is 32.1. The largest absolute Gasteiger partial charge is 0.493 e. The Bertz CT molecular complexity index is 1500. The molecule has 0 bridgehead atoms. The molecule has 0 aliphatic heterocycles. The Kier molecular flexibility index (Phi) is 8.43. The SMILES string of the molecule is COc1ccc(C(=O)N=c2sc(C)c(C)n2Cc2ccc(C(=O)N[C@H](C)c3ccccc3)cc2)cc1OC. The van der Waals surface area contributed by atoms with Gasteiger partial charge in [0.15, 0.2) is 16.3 Å². The van der Waals surface area contributed by atoms with Crippen LogP contribution in [0.3, 0.4) is 0 Å². The van der Waals surface area contributed by atoms with Crippen molar-refractivity contribution in [3.05, 3.63) is 110 Å². The van der Waals surface area contributed by atoms with Crippen LogP contribution in [0.1, 0.15) is 55.4 Å². The molecule has 0 fully saturated rings. The number of aromatic nitrogens is 1. The minimum atomic E-state index is -0.361. The molecule has 8 heteroatoms. The van der Waals surface area contributed by atoms with Gasteiger partial charge in [0.2, 0.25) is 0 Å². The lowest BCUT2D eigenvalue weighted by Crippen LogP contribution is -2.26. The minimum Gasteiger partial charge on any atom is -0.493 e. The second kappa shape index (κ2) is 11.9. The van der Waals surface area contributed by atoms with E-state index in [1.807, 2.05) is 79.9 Å². The van der Waals surface area contributed by atoms with Crippen LogP contribution in [0.15, 0.2) is 77.8 Å². The lowest BCUT2D eigenvalue weighted by molar-refractivity contribution is 0.0938. The van der Waals surface area contributed by atoms with Gasteiger partial charge in [-0.1, -0.05) is 42.5 Å². The van der Waals surface area contributed by atoms with E-state index in [1.165, 1.54) is 18.4 Å². The molecule has 1 atom stereocenters. The number of nitrogens with one attached hydrogen (secondary N) is 1. The van der Waals surface area contributed by atoms with Crippen LogP contribution in [0.25, 0.3) is 0 Å². The third kappa shape index (κ3) is 6.03. The van der Waals surface area contributed by atoms with Gasteiger partial charge >= 0.3 is 0 Å². The zero-order valence-corrected chi connectivity index (χ0v) is 23.0. The number of methoxy groups -OCH3 is 2. The number of amides is 2. The van der Waals surface area contributed by atoms with Crippen LogP contribution in [0.4, 0.5) is 0 Å². The van der Waals surface area contributed by atoms with E-state index in [1.54, 1.807) is 25.3 Å². The minimum absolute atomic E-state index is 0.0947. The van der Waals surface area contributed by atoms with Gasteiger partial charge in [0.05, 0.1) is 26.8 Å². The summed E-state index contributed by atoms with van der Waals surface area (Å²) in [5.74, 6) is 0.538. The fourth-order valence-corrected chi connectivity index (χ4v) is 5.01. The summed E-state index contributed by atoms with van der Waals surface area (Å²) in [5, 5.41) is 3.04. The van der Waals surface area contributed by atoms with E-state index in [4.69, 9.17) is 9.47 Å². The van der Waals surface area contributed by atoms with Crippen molar-refractivity contribution in [2.45, 2.75) is 33.4 Å². The number of benzene rings is 3. The van der Waals surface area contributed by atoms with E-state index in [0.717, 1.165) is 21.7 Å². The number of aryl methyl sites for hydroxylation is 1. The van der Waals surface area contributed by atoms with Crippen molar-refractivity contribution < 1.29 is 19.1 Å². The number of carbonyl (C=O) groups is 2. The Balaban J connectivity index is 1.53. The third-order valence-corrected chi connectivity index (χ3v) is 7.52. The quantitative estimate of drug-likeness (QED) is 0.328. The van der Waals surface area contributed by atoms with Crippen LogP contribution in [-0.2, 0) is 6.54 Å². The highest BCUT2D eigenvalue weighted by molar-refractivity contribution is 7.09. The molecule has 1 heterocycles. The molecule has 196 valence electrons. The molecule has 4 rings (SSSR count). The second-order valence-corrected chi connectivity index (χ2v) is 10.1. The van der Waals surface area contributed by atoms with E-state index in [0.29, 0.717) is 34.0 Å². The van der Waals surface area contributed by atoms with E-state index < -0.39 is 0 Å². The fraction of sp³-hybridized carbons (Fsp3) is 0.233. The first-order valence-electron chi connectivity index (χ1n) is 12.2. The summed E-state index contributed by atoms with van der Waals surface area (Å²) in [4.78, 5) is 31.9. The van der Waals surface area contributed by atoms with Crippen LogP contribution < -0.4 is 19.6 Å². The Morgan fingerprint density at radius 2 is 1.58 bits per heavy atom. The standard InChI is InChI=1S/C30H31N3O4S/c1-19(23-9-7-6-8-10-23)31-28(34)24-13-11-22(12-14-24)18-33-20(2)21(3)38-30(33)32-29(35)25-15-16-26(36-4)27(17-25)37-5/h6-17,19H,18H2,1-5H3,(H,31,34)/t19-/m1/s1. The molecule has 2 amide bonds. The van der Waals surface area contributed by atoms with E-state index in [9.17, 15) is 9.59 Å². The number of carbonyl (C=O) groups excluding carboxylic acids is 2. The average Bonchev–Trinajstić information content (AvgIpc) is 3.20. The van der Waals surface area contributed by atoms with Gasteiger partial charge < -0.3 is 19.4 Å². The van der Waals surface area contributed by atoms with Gasteiger partial charge in [-0.3, -0.25) is 9.59 Å². The zero-order valence-electron chi connectivity index (χ0n) is 22.1. The molecule has 4 aromatic rings. The Morgan fingerprint density at radius 1 is 0.921 bits per heavy atom. The molecule has 0 aliphatic rings. The van der Waals surface area contributed by atoms with E-state index >= 15 is 0 Å². The van der Waals surface area contributed by atoms with Crippen molar-refractivity contribution in [2.75, 3.05) is 14.2 Å². The summed E-state index contributed by atoms with van der Waals surface area (Å²) in [5.41, 5.74) is 4.09. The van der Waals surface area contributed by atoms with Gasteiger partial charge in [0.25, 0.3) is 11.8 Å². The van der Waals surface area contributed by atoms with Gasteiger partial charge in [-0.15, -0.1) is 11.3 Å². The fourth-order valence-electron chi connectivity index (χ4n) is 4.04. The Labute approximate surface area is 226 Å².